The van der Waals surface area contributed by atoms with Crippen LogP contribution in [0.2, 0.25) is 0 Å². The predicted octanol–water partition coefficient (Wildman–Crippen LogP) is 3.19. The van der Waals surface area contributed by atoms with Crippen LogP contribution in [0.5, 0.6) is 0 Å². The van der Waals surface area contributed by atoms with E-state index < -0.39 is 15.7 Å². The molecule has 0 spiro atoms. The lowest BCUT2D eigenvalue weighted by atomic mass is 10.1. The zero-order chi connectivity index (χ0) is 26.2. The zero-order valence-corrected chi connectivity index (χ0v) is 21.6. The fraction of sp³-hybridized carbons (Fsp3) is 0.346. The average molecular weight is 525 g/mol. The van der Waals surface area contributed by atoms with Crippen molar-refractivity contribution in [3.8, 4) is 16.9 Å². The lowest BCUT2D eigenvalue weighted by Crippen LogP contribution is -2.40. The molecular formula is C26H29FN6O3S. The van der Waals surface area contributed by atoms with Crippen LogP contribution in [0, 0.1) is 5.82 Å². The van der Waals surface area contributed by atoms with E-state index in [-0.39, 0.29) is 17.4 Å². The first-order chi connectivity index (χ1) is 17.7. The summed E-state index contributed by atoms with van der Waals surface area (Å²) in [6, 6.07) is 8.24. The highest BCUT2D eigenvalue weighted by Gasteiger charge is 2.21. The maximum atomic E-state index is 14.3. The minimum Gasteiger partial charge on any atom is -0.326 e. The maximum absolute atomic E-state index is 14.3. The molecule has 0 radical (unpaired) electrons. The molecule has 3 aromatic heterocycles. The average Bonchev–Trinajstić information content (AvgIpc) is 3.42. The van der Waals surface area contributed by atoms with Gasteiger partial charge in [0.05, 0.1) is 29.1 Å². The number of carbonyl (C=O) groups excluding carboxylic acids is 1. The fourth-order valence-electron chi connectivity index (χ4n) is 4.74. The lowest BCUT2D eigenvalue weighted by molar-refractivity contribution is -0.114. The van der Waals surface area contributed by atoms with Gasteiger partial charge in [-0.2, -0.15) is 5.10 Å². The molecule has 0 atom stereocenters. The van der Waals surface area contributed by atoms with Crippen molar-refractivity contribution in [1.82, 2.24) is 24.2 Å². The van der Waals surface area contributed by atoms with Crippen molar-refractivity contribution >= 4 is 32.5 Å². The lowest BCUT2D eigenvalue weighted by Gasteiger charge is -2.26. The molecule has 1 aliphatic heterocycles. The van der Waals surface area contributed by atoms with Crippen molar-refractivity contribution < 1.29 is 17.6 Å². The molecule has 9 nitrogen and oxygen atoms in total. The molecule has 0 bridgehead atoms. The Hall–Kier alpha value is -3.57. The Morgan fingerprint density at radius 2 is 1.92 bits per heavy atom. The van der Waals surface area contributed by atoms with Crippen LogP contribution in [-0.4, -0.2) is 69.7 Å². The Bertz CT molecular complexity index is 1560. The third-order valence-corrected chi connectivity index (χ3v) is 8.18. The van der Waals surface area contributed by atoms with Crippen LogP contribution in [-0.2, 0) is 28.1 Å². The summed E-state index contributed by atoms with van der Waals surface area (Å²) in [5.74, 6) is -0.286. The number of amides is 1. The molecule has 1 aliphatic rings. The summed E-state index contributed by atoms with van der Waals surface area (Å²) < 4.78 is 41.5. The van der Waals surface area contributed by atoms with Gasteiger partial charge in [0.25, 0.3) is 0 Å². The normalized spacial score (nSPS) is 15.8. The molecule has 0 aliphatic carbocycles. The van der Waals surface area contributed by atoms with Crippen molar-refractivity contribution in [3.63, 3.8) is 0 Å². The topological polar surface area (TPSA) is 102 Å². The van der Waals surface area contributed by atoms with Gasteiger partial charge in [0, 0.05) is 56.1 Å². The number of fused-ring (bicyclic) bond motifs is 1. The monoisotopic (exact) mass is 524 g/mol. The summed E-state index contributed by atoms with van der Waals surface area (Å²) in [6.07, 6.45) is 7.43. The zero-order valence-electron chi connectivity index (χ0n) is 20.8. The number of halogens is 1. The van der Waals surface area contributed by atoms with E-state index in [0.717, 1.165) is 41.7 Å². The molecule has 4 heterocycles. The van der Waals surface area contributed by atoms with Gasteiger partial charge in [-0.3, -0.25) is 14.0 Å². The number of rotatable bonds is 7. The number of hydrogen-bond acceptors (Lipinski definition) is 6. The van der Waals surface area contributed by atoms with E-state index in [1.807, 2.05) is 29.9 Å². The molecule has 1 fully saturated rings. The largest absolute Gasteiger partial charge is 0.326 e. The van der Waals surface area contributed by atoms with Gasteiger partial charge in [0.1, 0.15) is 11.5 Å². The Kier molecular flexibility index (Phi) is 6.82. The van der Waals surface area contributed by atoms with Gasteiger partial charge in [0.2, 0.25) is 5.91 Å². The minimum absolute atomic E-state index is 0.226. The molecule has 1 saturated heterocycles. The Balaban J connectivity index is 1.45. The van der Waals surface area contributed by atoms with Gasteiger partial charge in [-0.1, -0.05) is 0 Å². The maximum Gasteiger partial charge on any atom is 0.221 e. The number of nitrogens with zero attached hydrogens (tertiary/aromatic N) is 5. The Morgan fingerprint density at radius 1 is 1.14 bits per heavy atom. The van der Waals surface area contributed by atoms with Crippen LogP contribution in [0.1, 0.15) is 18.9 Å². The second-order valence-electron chi connectivity index (χ2n) is 9.47. The highest BCUT2D eigenvalue weighted by Crippen LogP contribution is 2.29. The van der Waals surface area contributed by atoms with E-state index in [9.17, 15) is 17.6 Å². The first-order valence-electron chi connectivity index (χ1n) is 12.2. The molecular weight excluding hydrogens is 495 g/mol. The molecule has 1 aromatic carbocycles. The van der Waals surface area contributed by atoms with Crippen molar-refractivity contribution in [2.24, 2.45) is 7.05 Å². The highest BCUT2D eigenvalue weighted by atomic mass is 32.2. The number of aromatic nitrogens is 4. The molecule has 194 valence electrons. The van der Waals surface area contributed by atoms with Gasteiger partial charge in [-0.15, -0.1) is 0 Å². The summed E-state index contributed by atoms with van der Waals surface area (Å²) in [4.78, 5) is 18.6. The first-order valence-corrected chi connectivity index (χ1v) is 14.0. The molecule has 0 unspecified atom stereocenters. The second-order valence-corrected chi connectivity index (χ2v) is 11.8. The molecule has 1 N–H and O–H groups in total. The van der Waals surface area contributed by atoms with Crippen molar-refractivity contribution in [2.45, 2.75) is 19.8 Å². The number of benzene rings is 1. The van der Waals surface area contributed by atoms with Gasteiger partial charge in [0.15, 0.2) is 9.84 Å². The summed E-state index contributed by atoms with van der Waals surface area (Å²) in [5, 5.41) is 7.92. The summed E-state index contributed by atoms with van der Waals surface area (Å²) >= 11 is 0. The number of aryl methyl sites for hydroxylation is 2. The molecule has 4 aromatic rings. The number of nitrogens with one attached hydrogen (secondary N) is 1. The Labute approximate surface area is 214 Å². The van der Waals surface area contributed by atoms with Crippen LogP contribution in [0.15, 0.2) is 48.9 Å². The van der Waals surface area contributed by atoms with Gasteiger partial charge in [-0.25, -0.2) is 17.8 Å². The van der Waals surface area contributed by atoms with E-state index in [1.165, 1.54) is 19.1 Å². The van der Waals surface area contributed by atoms with Gasteiger partial charge < -0.3 is 10.2 Å². The predicted molar refractivity (Wildman–Crippen MR) is 141 cm³/mol. The third kappa shape index (κ3) is 5.72. The molecule has 1 amide bonds. The highest BCUT2D eigenvalue weighted by molar-refractivity contribution is 7.91. The van der Waals surface area contributed by atoms with Gasteiger partial charge >= 0.3 is 0 Å². The quantitative estimate of drug-likeness (QED) is 0.399. The van der Waals surface area contributed by atoms with Crippen LogP contribution < -0.4 is 5.32 Å². The molecule has 0 saturated carbocycles. The van der Waals surface area contributed by atoms with Crippen molar-refractivity contribution in [1.29, 1.82) is 0 Å². The summed E-state index contributed by atoms with van der Waals surface area (Å²) in [5.41, 5.74) is 4.24. The van der Waals surface area contributed by atoms with Crippen LogP contribution in [0.4, 0.5) is 10.1 Å². The summed E-state index contributed by atoms with van der Waals surface area (Å²) in [7, 11) is -1.04. The smallest absolute Gasteiger partial charge is 0.221 e. The molecule has 5 rings (SSSR count). The van der Waals surface area contributed by atoms with E-state index in [2.05, 4.69) is 21.5 Å². The number of pyridine rings is 1. The van der Waals surface area contributed by atoms with E-state index in [1.54, 1.807) is 16.9 Å². The van der Waals surface area contributed by atoms with E-state index >= 15 is 0 Å². The van der Waals surface area contributed by atoms with E-state index in [0.29, 0.717) is 30.0 Å². The van der Waals surface area contributed by atoms with Gasteiger partial charge in [-0.05, 0) is 55.3 Å². The second kappa shape index (κ2) is 10.1. The standard InChI is InChI=1S/C26H29FN6O3S/c1-18(34)29-22-13-20(12-21(27)14-22)25-6-5-24-19(4-3-7-32-8-10-37(35,36)11-9-32)16-33(26(24)30-25)23-15-28-31(2)17-23/h5-6,12-17H,3-4,7-11H2,1-2H3,(H,29,34). The van der Waals surface area contributed by atoms with Crippen molar-refractivity contribution in [3.05, 3.63) is 60.3 Å². The number of hydrogen-bond donors (Lipinski definition) is 1. The van der Waals surface area contributed by atoms with E-state index in [4.69, 9.17) is 4.98 Å². The molecule has 37 heavy (non-hydrogen) atoms. The Morgan fingerprint density at radius 3 is 2.62 bits per heavy atom. The van der Waals surface area contributed by atoms with Crippen LogP contribution in [0.25, 0.3) is 28.0 Å². The number of sulfone groups is 1. The molecule has 11 heteroatoms. The fourth-order valence-corrected chi connectivity index (χ4v) is 6.02. The first kappa shape index (κ1) is 25.1. The number of carbonyl (C=O) groups is 1. The van der Waals surface area contributed by atoms with Crippen molar-refractivity contribution in [2.75, 3.05) is 36.5 Å². The third-order valence-electron chi connectivity index (χ3n) is 6.58. The van der Waals surface area contributed by atoms with Crippen LogP contribution >= 0.6 is 0 Å². The van der Waals surface area contributed by atoms with Crippen LogP contribution in [0.3, 0.4) is 0 Å². The SMILES string of the molecule is CC(=O)Nc1cc(F)cc(-c2ccc3c(CCCN4CCS(=O)(=O)CC4)cn(-c4cnn(C)c4)c3n2)c1. The summed E-state index contributed by atoms with van der Waals surface area (Å²) in [6.45, 7) is 3.37. The number of anilines is 1. The minimum atomic E-state index is -2.89.